The van der Waals surface area contributed by atoms with Crippen LogP contribution in [0.5, 0.6) is 0 Å². The summed E-state index contributed by atoms with van der Waals surface area (Å²) in [5.41, 5.74) is 0. The highest BCUT2D eigenvalue weighted by molar-refractivity contribution is 4.88. The van der Waals surface area contributed by atoms with E-state index >= 15 is 0 Å². The summed E-state index contributed by atoms with van der Waals surface area (Å²) in [6.07, 6.45) is 10.8. The average Bonchev–Trinajstić information content (AvgIpc) is 2.88. The van der Waals surface area contributed by atoms with Crippen molar-refractivity contribution >= 4 is 0 Å². The van der Waals surface area contributed by atoms with Crippen LogP contribution in [0.3, 0.4) is 0 Å². The first-order chi connectivity index (χ1) is 11.2. The molecule has 0 aromatic carbocycles. The summed E-state index contributed by atoms with van der Waals surface area (Å²) in [4.78, 5) is 0. The van der Waals surface area contributed by atoms with Crippen LogP contribution in [0.15, 0.2) is 12.2 Å². The van der Waals surface area contributed by atoms with E-state index in [1.807, 2.05) is 0 Å². The molecule has 0 aliphatic carbocycles. The molecule has 23 heavy (non-hydrogen) atoms. The molecule has 1 saturated heterocycles. The molecule has 3 N–H and O–H groups in total. The number of ether oxygens (including phenoxy) is 2. The Balaban J connectivity index is 2.02. The van der Waals surface area contributed by atoms with E-state index in [-0.39, 0.29) is 13.2 Å². The summed E-state index contributed by atoms with van der Waals surface area (Å²) in [5.74, 6) is 0. The molecule has 1 aliphatic heterocycles. The van der Waals surface area contributed by atoms with Crippen molar-refractivity contribution in [3.05, 3.63) is 12.2 Å². The maximum absolute atomic E-state index is 9.76. The number of allylic oxidation sites excluding steroid dienone is 2. The van der Waals surface area contributed by atoms with E-state index in [4.69, 9.17) is 9.47 Å². The van der Waals surface area contributed by atoms with Crippen molar-refractivity contribution in [1.82, 2.24) is 0 Å². The van der Waals surface area contributed by atoms with Crippen molar-refractivity contribution in [2.45, 2.75) is 82.7 Å². The quantitative estimate of drug-likeness (QED) is 0.356. The Kier molecular flexibility index (Phi) is 11.5. The van der Waals surface area contributed by atoms with Crippen LogP contribution in [-0.2, 0) is 9.47 Å². The van der Waals surface area contributed by atoms with Gasteiger partial charge in [-0.2, -0.15) is 0 Å². The average molecular weight is 330 g/mol. The Hall–Kier alpha value is -0.460. The van der Waals surface area contributed by atoms with Crippen LogP contribution in [0.1, 0.15) is 58.3 Å². The molecule has 0 radical (unpaired) electrons. The van der Waals surface area contributed by atoms with Crippen molar-refractivity contribution in [3.8, 4) is 0 Å². The second-order valence-electron chi connectivity index (χ2n) is 6.26. The molecule has 0 unspecified atom stereocenters. The van der Waals surface area contributed by atoms with E-state index in [1.54, 1.807) is 0 Å². The van der Waals surface area contributed by atoms with E-state index in [9.17, 15) is 15.3 Å². The Morgan fingerprint density at radius 1 is 1.09 bits per heavy atom. The van der Waals surface area contributed by atoms with E-state index in [0.717, 1.165) is 19.3 Å². The molecule has 1 aliphatic rings. The molecule has 0 spiro atoms. The molecule has 1 heterocycles. The lowest BCUT2D eigenvalue weighted by Gasteiger charge is -2.24. The standard InChI is InChI=1S/C18H34O5/c1-2-3-4-5-6-7-8-9-10-11-12-22-16(13-19)18-17(21)15(20)14-23-18/h8-9,15-21H,2-7,10-14H2,1H3/b9-8+/t15-,16+,17+,18+/m1/s1. The third-order valence-electron chi connectivity index (χ3n) is 4.22. The maximum Gasteiger partial charge on any atom is 0.114 e. The molecule has 0 aromatic rings. The van der Waals surface area contributed by atoms with Crippen LogP contribution < -0.4 is 0 Å². The van der Waals surface area contributed by atoms with Gasteiger partial charge in [0.15, 0.2) is 0 Å². The van der Waals surface area contributed by atoms with Crippen LogP contribution in [0.25, 0.3) is 0 Å². The molecular formula is C18H34O5. The first-order valence-corrected chi connectivity index (χ1v) is 9.05. The van der Waals surface area contributed by atoms with Gasteiger partial charge < -0.3 is 24.8 Å². The number of hydrogen-bond acceptors (Lipinski definition) is 5. The van der Waals surface area contributed by atoms with Crippen LogP contribution in [0.2, 0.25) is 0 Å². The monoisotopic (exact) mass is 330 g/mol. The Bertz CT molecular complexity index is 308. The number of unbranched alkanes of at least 4 members (excludes halogenated alkanes) is 6. The van der Waals surface area contributed by atoms with Crippen molar-refractivity contribution in [3.63, 3.8) is 0 Å². The molecule has 1 fully saturated rings. The van der Waals surface area contributed by atoms with Gasteiger partial charge in [-0.25, -0.2) is 0 Å². The predicted octanol–water partition coefficient (Wildman–Crippen LogP) is 2.18. The summed E-state index contributed by atoms with van der Waals surface area (Å²) in [5, 5.41) is 28.6. The van der Waals surface area contributed by atoms with Crippen LogP contribution in [0.4, 0.5) is 0 Å². The fourth-order valence-corrected chi connectivity index (χ4v) is 2.74. The van der Waals surface area contributed by atoms with Crippen LogP contribution in [0, 0.1) is 0 Å². The van der Waals surface area contributed by atoms with Gasteiger partial charge in [-0.15, -0.1) is 0 Å². The largest absolute Gasteiger partial charge is 0.394 e. The lowest BCUT2D eigenvalue weighted by molar-refractivity contribution is -0.101. The SMILES string of the molecule is CCCCCCC/C=C/CCCO[C@@H](CO)[C@@H]1OC[C@@H](O)[C@@H]1O. The van der Waals surface area contributed by atoms with Crippen molar-refractivity contribution in [2.24, 2.45) is 0 Å². The predicted molar refractivity (Wildman–Crippen MR) is 90.3 cm³/mol. The molecule has 1 rings (SSSR count). The second kappa shape index (κ2) is 12.9. The summed E-state index contributed by atoms with van der Waals surface area (Å²) in [6.45, 7) is 2.61. The first-order valence-electron chi connectivity index (χ1n) is 9.05. The van der Waals surface area contributed by atoms with Gasteiger partial charge in [0, 0.05) is 6.61 Å². The molecule has 0 bridgehead atoms. The fraction of sp³-hybridized carbons (Fsp3) is 0.889. The van der Waals surface area contributed by atoms with E-state index in [1.165, 1.54) is 32.1 Å². The maximum atomic E-state index is 9.76. The lowest BCUT2D eigenvalue weighted by atomic mass is 10.1. The zero-order chi connectivity index (χ0) is 16.9. The van der Waals surface area contributed by atoms with Gasteiger partial charge in [0.25, 0.3) is 0 Å². The Morgan fingerprint density at radius 3 is 2.39 bits per heavy atom. The number of hydrogen-bond donors (Lipinski definition) is 3. The molecule has 0 saturated carbocycles. The topological polar surface area (TPSA) is 79.2 Å². The molecule has 0 amide bonds. The number of rotatable bonds is 13. The van der Waals surface area contributed by atoms with Crippen molar-refractivity contribution in [2.75, 3.05) is 19.8 Å². The zero-order valence-corrected chi connectivity index (χ0v) is 14.4. The van der Waals surface area contributed by atoms with E-state index in [2.05, 4.69) is 19.1 Å². The summed E-state index contributed by atoms with van der Waals surface area (Å²) >= 11 is 0. The second-order valence-corrected chi connectivity index (χ2v) is 6.26. The molecule has 5 nitrogen and oxygen atoms in total. The zero-order valence-electron chi connectivity index (χ0n) is 14.4. The molecule has 136 valence electrons. The summed E-state index contributed by atoms with van der Waals surface area (Å²) in [7, 11) is 0. The molecule has 5 heteroatoms. The Labute approximate surface area is 140 Å². The lowest BCUT2D eigenvalue weighted by Crippen LogP contribution is -2.42. The van der Waals surface area contributed by atoms with Crippen LogP contribution in [-0.4, -0.2) is 59.6 Å². The minimum absolute atomic E-state index is 0.0900. The van der Waals surface area contributed by atoms with E-state index < -0.39 is 24.4 Å². The Morgan fingerprint density at radius 2 is 1.78 bits per heavy atom. The van der Waals surface area contributed by atoms with Gasteiger partial charge >= 0.3 is 0 Å². The van der Waals surface area contributed by atoms with E-state index in [0.29, 0.717) is 6.61 Å². The molecular weight excluding hydrogens is 296 g/mol. The van der Waals surface area contributed by atoms with Gasteiger partial charge in [-0.05, 0) is 25.7 Å². The molecule has 4 atom stereocenters. The fourth-order valence-electron chi connectivity index (χ4n) is 2.74. The summed E-state index contributed by atoms with van der Waals surface area (Å²) < 4.78 is 10.9. The van der Waals surface area contributed by atoms with Crippen LogP contribution >= 0.6 is 0 Å². The van der Waals surface area contributed by atoms with Crippen molar-refractivity contribution < 1.29 is 24.8 Å². The highest BCUT2D eigenvalue weighted by Crippen LogP contribution is 2.19. The van der Waals surface area contributed by atoms with Gasteiger partial charge in [-0.1, -0.05) is 44.8 Å². The van der Waals surface area contributed by atoms with Gasteiger partial charge in [0.2, 0.25) is 0 Å². The third kappa shape index (κ3) is 8.27. The highest BCUT2D eigenvalue weighted by Gasteiger charge is 2.40. The third-order valence-corrected chi connectivity index (χ3v) is 4.22. The number of aliphatic hydroxyl groups is 3. The van der Waals surface area contributed by atoms with Gasteiger partial charge in [0.05, 0.1) is 13.2 Å². The highest BCUT2D eigenvalue weighted by atomic mass is 16.6. The normalized spacial score (nSPS) is 26.2. The van der Waals surface area contributed by atoms with Crippen molar-refractivity contribution in [1.29, 1.82) is 0 Å². The minimum Gasteiger partial charge on any atom is -0.394 e. The minimum atomic E-state index is -0.986. The summed E-state index contributed by atoms with van der Waals surface area (Å²) in [6, 6.07) is 0. The first kappa shape index (κ1) is 20.6. The molecule has 0 aromatic heterocycles. The van der Waals surface area contributed by atoms with Gasteiger partial charge in [-0.3, -0.25) is 0 Å². The van der Waals surface area contributed by atoms with Gasteiger partial charge in [0.1, 0.15) is 24.4 Å². The smallest absolute Gasteiger partial charge is 0.114 e. The number of aliphatic hydroxyl groups excluding tert-OH is 3.